The molecule has 0 saturated carbocycles. The maximum atomic E-state index is 6.05. The van der Waals surface area contributed by atoms with Crippen molar-refractivity contribution in [1.82, 2.24) is 20.7 Å². The van der Waals surface area contributed by atoms with E-state index in [0.717, 1.165) is 18.6 Å². The first kappa shape index (κ1) is 17.6. The van der Waals surface area contributed by atoms with Crippen LogP contribution in [0.4, 0.5) is 0 Å². The Bertz CT molecular complexity index is 321. The van der Waals surface area contributed by atoms with E-state index in [0.29, 0.717) is 0 Å². The molecule has 0 amide bonds. The fraction of sp³-hybridized carbons (Fsp3) is 1.00. The fourth-order valence-corrected chi connectivity index (χ4v) is 4.31. The minimum atomic E-state index is 0.269. The normalized spacial score (nSPS) is 30.0. The Morgan fingerprint density at radius 1 is 1.13 bits per heavy atom. The zero-order chi connectivity index (χ0) is 15.9. The molecule has 2 N–H and O–H groups in total. The maximum Gasteiger partial charge on any atom is 0.122 e. The van der Waals surface area contributed by atoms with Crippen molar-refractivity contribution >= 4 is 0 Å². The molecule has 0 aromatic carbocycles. The fourth-order valence-electron chi connectivity index (χ4n) is 4.31. The van der Waals surface area contributed by atoms with Gasteiger partial charge in [-0.3, -0.25) is 0 Å². The van der Waals surface area contributed by atoms with Crippen LogP contribution in [0, 0.1) is 5.92 Å². The Balaban J connectivity index is 1.20. The first-order chi connectivity index (χ1) is 11.3. The third-order valence-electron chi connectivity index (χ3n) is 5.70. The highest BCUT2D eigenvalue weighted by Crippen LogP contribution is 2.25. The van der Waals surface area contributed by atoms with Gasteiger partial charge in [0.2, 0.25) is 0 Å². The number of nitrogens with one attached hydrogen (secondary N) is 2. The van der Waals surface area contributed by atoms with Gasteiger partial charge in [-0.2, -0.15) is 0 Å². The van der Waals surface area contributed by atoms with Gasteiger partial charge in [-0.05, 0) is 71.1 Å². The molecule has 0 aliphatic carbocycles. The summed E-state index contributed by atoms with van der Waals surface area (Å²) < 4.78 is 6.05. The van der Waals surface area contributed by atoms with Crippen molar-refractivity contribution < 1.29 is 4.74 Å². The summed E-state index contributed by atoms with van der Waals surface area (Å²) in [6.45, 7) is 6.99. The summed E-state index contributed by atoms with van der Waals surface area (Å²) in [7, 11) is 2.28. The molecule has 2 atom stereocenters. The summed E-state index contributed by atoms with van der Waals surface area (Å²) in [4.78, 5) is 2.52. The third kappa shape index (κ3) is 5.68. The van der Waals surface area contributed by atoms with Crippen molar-refractivity contribution in [3.8, 4) is 0 Å². The molecule has 0 bridgehead atoms. The van der Waals surface area contributed by atoms with Crippen molar-refractivity contribution in [2.45, 2.75) is 63.6 Å². The van der Waals surface area contributed by atoms with E-state index in [4.69, 9.17) is 4.74 Å². The number of ether oxygens (including phenoxy) is 1. The minimum Gasteiger partial charge on any atom is -0.362 e. The van der Waals surface area contributed by atoms with Crippen molar-refractivity contribution in [3.63, 3.8) is 0 Å². The smallest absolute Gasteiger partial charge is 0.122 e. The molecule has 23 heavy (non-hydrogen) atoms. The van der Waals surface area contributed by atoms with E-state index in [-0.39, 0.29) is 6.23 Å². The van der Waals surface area contributed by atoms with Crippen molar-refractivity contribution in [3.05, 3.63) is 0 Å². The van der Waals surface area contributed by atoms with Crippen molar-refractivity contribution in [2.75, 3.05) is 46.4 Å². The number of fused-ring (bicyclic) bond motifs is 1. The quantitative estimate of drug-likeness (QED) is 0.666. The lowest BCUT2D eigenvalue weighted by molar-refractivity contribution is 0.0126. The molecular formula is C18H36N4O. The molecule has 0 aromatic rings. The van der Waals surface area contributed by atoms with Gasteiger partial charge < -0.3 is 15.0 Å². The lowest BCUT2D eigenvalue weighted by atomic mass is 9.98. The van der Waals surface area contributed by atoms with E-state index in [1.54, 1.807) is 0 Å². The van der Waals surface area contributed by atoms with Crippen LogP contribution in [0.3, 0.4) is 0 Å². The average molecular weight is 325 g/mol. The maximum absolute atomic E-state index is 6.05. The van der Waals surface area contributed by atoms with E-state index in [1.165, 1.54) is 84.1 Å². The Morgan fingerprint density at radius 3 is 2.83 bits per heavy atom. The molecule has 0 aromatic heterocycles. The van der Waals surface area contributed by atoms with Crippen LogP contribution in [0.25, 0.3) is 0 Å². The van der Waals surface area contributed by atoms with Crippen LogP contribution in [0.15, 0.2) is 0 Å². The summed E-state index contributed by atoms with van der Waals surface area (Å²) in [6, 6.07) is 0.727. The number of nitrogens with zero attached hydrogens (tertiary/aromatic N) is 2. The highest BCUT2D eigenvalue weighted by Gasteiger charge is 2.33. The van der Waals surface area contributed by atoms with Gasteiger partial charge >= 0.3 is 0 Å². The van der Waals surface area contributed by atoms with Crippen LogP contribution in [0.5, 0.6) is 0 Å². The van der Waals surface area contributed by atoms with Crippen LogP contribution >= 0.6 is 0 Å². The molecular weight excluding hydrogens is 288 g/mol. The second-order valence-electron chi connectivity index (χ2n) is 7.73. The molecule has 3 saturated heterocycles. The third-order valence-corrected chi connectivity index (χ3v) is 5.70. The second kappa shape index (κ2) is 9.33. The Kier molecular flexibility index (Phi) is 7.14. The number of unbranched alkanes of at least 4 members (excludes halogenated alkanes) is 1. The van der Waals surface area contributed by atoms with Gasteiger partial charge in [0.05, 0.1) is 0 Å². The average Bonchev–Trinajstić information content (AvgIpc) is 2.98. The summed E-state index contributed by atoms with van der Waals surface area (Å²) >= 11 is 0. The van der Waals surface area contributed by atoms with E-state index in [2.05, 4.69) is 27.7 Å². The molecule has 0 spiro atoms. The number of piperidine rings is 2. The zero-order valence-corrected chi connectivity index (χ0v) is 14.9. The molecule has 0 radical (unpaired) electrons. The van der Waals surface area contributed by atoms with E-state index < -0.39 is 0 Å². The topological polar surface area (TPSA) is 39.8 Å². The Hall–Kier alpha value is -0.200. The van der Waals surface area contributed by atoms with Gasteiger partial charge in [-0.1, -0.05) is 6.42 Å². The predicted molar refractivity (Wildman–Crippen MR) is 94.2 cm³/mol. The highest BCUT2D eigenvalue weighted by molar-refractivity contribution is 4.83. The molecule has 5 heteroatoms. The summed E-state index contributed by atoms with van der Waals surface area (Å²) in [5.74, 6) is 0.901. The molecule has 3 aliphatic rings. The summed E-state index contributed by atoms with van der Waals surface area (Å²) in [5, 5.41) is 5.87. The largest absolute Gasteiger partial charge is 0.362 e. The lowest BCUT2D eigenvalue weighted by Gasteiger charge is -2.28. The molecule has 5 nitrogen and oxygen atoms in total. The summed E-state index contributed by atoms with van der Waals surface area (Å²) in [6.07, 6.45) is 10.6. The van der Waals surface area contributed by atoms with Gasteiger partial charge in [-0.25, -0.2) is 10.4 Å². The first-order valence-corrected chi connectivity index (χ1v) is 9.85. The van der Waals surface area contributed by atoms with E-state index >= 15 is 0 Å². The lowest BCUT2D eigenvalue weighted by Crippen LogP contribution is -2.42. The molecule has 3 rings (SSSR count). The van der Waals surface area contributed by atoms with Crippen molar-refractivity contribution in [2.24, 2.45) is 5.92 Å². The van der Waals surface area contributed by atoms with E-state index in [9.17, 15) is 0 Å². The monoisotopic (exact) mass is 324 g/mol. The Labute approximate surface area is 142 Å². The highest BCUT2D eigenvalue weighted by atomic mass is 16.5. The van der Waals surface area contributed by atoms with Crippen LogP contribution in [-0.4, -0.2) is 68.6 Å². The molecule has 3 fully saturated rings. The van der Waals surface area contributed by atoms with Crippen LogP contribution in [0.2, 0.25) is 0 Å². The van der Waals surface area contributed by atoms with Crippen LogP contribution < -0.4 is 10.7 Å². The Morgan fingerprint density at radius 2 is 2.00 bits per heavy atom. The molecule has 134 valence electrons. The number of hydrogen-bond donors (Lipinski definition) is 2. The standard InChI is InChI=1S/C18H36N4O/c1-21(15-16-7-9-19-10-8-16)11-4-5-13-23-18-14-17-6-2-3-12-22(17)20-18/h16-20H,2-15H2,1H3. The molecule has 3 heterocycles. The minimum absolute atomic E-state index is 0.269. The van der Waals surface area contributed by atoms with Gasteiger partial charge in [0, 0.05) is 32.2 Å². The zero-order valence-electron chi connectivity index (χ0n) is 14.9. The SMILES string of the molecule is CN(CCCCOC1CC2CCCCN2N1)CC1CCNCC1. The predicted octanol–water partition coefficient (Wildman–Crippen LogP) is 1.80. The number of rotatable bonds is 8. The van der Waals surface area contributed by atoms with Crippen LogP contribution in [-0.2, 0) is 4.74 Å². The van der Waals surface area contributed by atoms with Crippen LogP contribution in [0.1, 0.15) is 51.4 Å². The van der Waals surface area contributed by atoms with E-state index in [1.807, 2.05) is 0 Å². The van der Waals surface area contributed by atoms with Gasteiger partial charge in [0.15, 0.2) is 0 Å². The molecule has 3 aliphatic heterocycles. The molecule has 2 unspecified atom stereocenters. The van der Waals surface area contributed by atoms with Gasteiger partial charge in [0.25, 0.3) is 0 Å². The summed E-state index contributed by atoms with van der Waals surface area (Å²) in [5.41, 5.74) is 3.54. The number of hydrazine groups is 1. The first-order valence-electron chi connectivity index (χ1n) is 9.85. The van der Waals surface area contributed by atoms with Gasteiger partial charge in [0.1, 0.15) is 6.23 Å². The van der Waals surface area contributed by atoms with Gasteiger partial charge in [-0.15, -0.1) is 0 Å². The second-order valence-corrected chi connectivity index (χ2v) is 7.73. The number of hydrogen-bond acceptors (Lipinski definition) is 5. The van der Waals surface area contributed by atoms with Crippen molar-refractivity contribution in [1.29, 1.82) is 0 Å².